The molecule has 1 aromatic heterocycles. The Bertz CT molecular complexity index is 996. The van der Waals surface area contributed by atoms with E-state index in [9.17, 15) is 4.79 Å². The molecule has 1 heterocycles. The second-order valence-corrected chi connectivity index (χ2v) is 7.36. The van der Waals surface area contributed by atoms with Crippen LogP contribution in [-0.4, -0.2) is 39.0 Å². The molecule has 0 N–H and O–H groups in total. The molecule has 7 heteroatoms. The first-order valence-corrected chi connectivity index (χ1v) is 9.57. The second-order valence-electron chi connectivity index (χ2n) is 6.93. The van der Waals surface area contributed by atoms with Crippen LogP contribution in [0.1, 0.15) is 34.6 Å². The van der Waals surface area contributed by atoms with Crippen molar-refractivity contribution in [1.29, 1.82) is 0 Å². The number of methoxy groups -OCH3 is 1. The maximum Gasteiger partial charge on any atom is 0.276 e. The number of nitrogens with zero attached hydrogens (tertiary/aromatic N) is 4. The molecule has 2 aromatic carbocycles. The van der Waals surface area contributed by atoms with Crippen LogP contribution in [0.15, 0.2) is 48.5 Å². The highest BCUT2D eigenvalue weighted by Gasteiger charge is 2.35. The number of hydrogen-bond donors (Lipinski definition) is 0. The first-order valence-electron chi connectivity index (χ1n) is 9.19. The Morgan fingerprint density at radius 3 is 2.64 bits per heavy atom. The molecule has 0 saturated heterocycles. The van der Waals surface area contributed by atoms with E-state index in [1.807, 2.05) is 48.2 Å². The maximum absolute atomic E-state index is 13.2. The van der Waals surface area contributed by atoms with Crippen molar-refractivity contribution in [3.63, 3.8) is 0 Å². The first-order chi connectivity index (χ1) is 13.6. The zero-order valence-electron chi connectivity index (χ0n) is 15.8. The van der Waals surface area contributed by atoms with Crippen LogP contribution in [0.25, 0.3) is 5.69 Å². The largest absolute Gasteiger partial charge is 0.497 e. The van der Waals surface area contributed by atoms with E-state index in [0.717, 1.165) is 29.8 Å². The topological polar surface area (TPSA) is 60.2 Å². The van der Waals surface area contributed by atoms with Gasteiger partial charge in [-0.25, -0.2) is 4.68 Å². The Labute approximate surface area is 168 Å². The highest BCUT2D eigenvalue weighted by atomic mass is 35.5. The van der Waals surface area contributed by atoms with Crippen molar-refractivity contribution in [2.24, 2.45) is 0 Å². The van der Waals surface area contributed by atoms with E-state index in [1.165, 1.54) is 0 Å². The Morgan fingerprint density at radius 2 is 2.00 bits per heavy atom. The summed E-state index contributed by atoms with van der Waals surface area (Å²) in [4.78, 5) is 15.1. The SMILES string of the molecule is COc1ccc(CN(C(=O)c2nnn(-c3cccc(Cl)c3)c2C)C2CC2)cc1. The summed E-state index contributed by atoms with van der Waals surface area (Å²) in [6.45, 7) is 2.39. The number of hydrogen-bond acceptors (Lipinski definition) is 4. The van der Waals surface area contributed by atoms with Gasteiger partial charge in [-0.1, -0.05) is 35.0 Å². The summed E-state index contributed by atoms with van der Waals surface area (Å²) >= 11 is 6.08. The van der Waals surface area contributed by atoms with E-state index in [2.05, 4.69) is 10.3 Å². The number of carbonyl (C=O) groups is 1. The van der Waals surface area contributed by atoms with E-state index in [1.54, 1.807) is 23.9 Å². The Kier molecular flexibility index (Phi) is 5.05. The highest BCUT2D eigenvalue weighted by molar-refractivity contribution is 6.30. The molecule has 0 bridgehead atoms. The van der Waals surface area contributed by atoms with Crippen molar-refractivity contribution in [3.8, 4) is 11.4 Å². The van der Waals surface area contributed by atoms with Gasteiger partial charge in [0.25, 0.3) is 5.91 Å². The quantitative estimate of drug-likeness (QED) is 0.630. The van der Waals surface area contributed by atoms with Gasteiger partial charge < -0.3 is 9.64 Å². The van der Waals surface area contributed by atoms with Gasteiger partial charge in [-0.2, -0.15) is 0 Å². The maximum atomic E-state index is 13.2. The monoisotopic (exact) mass is 396 g/mol. The number of rotatable bonds is 6. The van der Waals surface area contributed by atoms with Crippen LogP contribution in [0.4, 0.5) is 0 Å². The van der Waals surface area contributed by atoms with Crippen molar-refractivity contribution in [1.82, 2.24) is 19.9 Å². The van der Waals surface area contributed by atoms with Gasteiger partial charge in [0, 0.05) is 17.6 Å². The Hall–Kier alpha value is -2.86. The molecule has 1 aliphatic carbocycles. The molecule has 0 unspecified atom stereocenters. The molecule has 6 nitrogen and oxygen atoms in total. The Morgan fingerprint density at radius 1 is 1.25 bits per heavy atom. The molecular weight excluding hydrogens is 376 g/mol. The molecule has 0 aliphatic heterocycles. The smallest absolute Gasteiger partial charge is 0.276 e. The van der Waals surface area contributed by atoms with Gasteiger partial charge in [0.05, 0.1) is 18.5 Å². The number of halogens is 1. The third-order valence-corrected chi connectivity index (χ3v) is 5.15. The lowest BCUT2D eigenvalue weighted by atomic mass is 10.2. The van der Waals surface area contributed by atoms with Crippen LogP contribution >= 0.6 is 11.6 Å². The number of carbonyl (C=O) groups excluding carboxylic acids is 1. The molecule has 4 rings (SSSR count). The van der Waals surface area contributed by atoms with E-state index in [4.69, 9.17) is 16.3 Å². The predicted molar refractivity (Wildman–Crippen MR) is 107 cm³/mol. The fraction of sp³-hybridized carbons (Fsp3) is 0.286. The molecule has 1 amide bonds. The zero-order chi connectivity index (χ0) is 19.7. The van der Waals surface area contributed by atoms with Crippen LogP contribution in [0, 0.1) is 6.92 Å². The van der Waals surface area contributed by atoms with E-state index in [0.29, 0.717) is 23.0 Å². The summed E-state index contributed by atoms with van der Waals surface area (Å²) in [7, 11) is 1.64. The molecule has 3 aromatic rings. The molecule has 0 atom stereocenters. The van der Waals surface area contributed by atoms with Crippen molar-refractivity contribution in [2.75, 3.05) is 7.11 Å². The van der Waals surface area contributed by atoms with Gasteiger partial charge in [0.1, 0.15) is 5.75 Å². The van der Waals surface area contributed by atoms with Crippen LogP contribution < -0.4 is 4.74 Å². The van der Waals surface area contributed by atoms with Crippen molar-refractivity contribution in [3.05, 3.63) is 70.5 Å². The van der Waals surface area contributed by atoms with E-state index < -0.39 is 0 Å². The van der Waals surface area contributed by atoms with Crippen molar-refractivity contribution >= 4 is 17.5 Å². The van der Waals surface area contributed by atoms with Gasteiger partial charge in [0.15, 0.2) is 5.69 Å². The second kappa shape index (κ2) is 7.64. The minimum atomic E-state index is -0.0934. The normalized spacial score (nSPS) is 13.4. The molecule has 0 radical (unpaired) electrons. The van der Waals surface area contributed by atoms with Crippen LogP contribution in [0.3, 0.4) is 0 Å². The highest BCUT2D eigenvalue weighted by Crippen LogP contribution is 2.30. The van der Waals surface area contributed by atoms with Crippen LogP contribution in [0.2, 0.25) is 5.02 Å². The molecular formula is C21H21ClN4O2. The summed E-state index contributed by atoms with van der Waals surface area (Å²) in [5, 5.41) is 8.98. The van der Waals surface area contributed by atoms with E-state index >= 15 is 0 Å². The van der Waals surface area contributed by atoms with Crippen molar-refractivity contribution < 1.29 is 9.53 Å². The first kappa shape index (κ1) is 18.5. The minimum absolute atomic E-state index is 0.0934. The lowest BCUT2D eigenvalue weighted by molar-refractivity contribution is 0.0723. The average molecular weight is 397 g/mol. The van der Waals surface area contributed by atoms with Gasteiger partial charge in [-0.3, -0.25) is 4.79 Å². The zero-order valence-corrected chi connectivity index (χ0v) is 16.6. The third-order valence-electron chi connectivity index (χ3n) is 4.91. The average Bonchev–Trinajstić information content (AvgIpc) is 3.47. The number of aromatic nitrogens is 3. The van der Waals surface area contributed by atoms with Gasteiger partial charge in [-0.05, 0) is 55.7 Å². The summed E-state index contributed by atoms with van der Waals surface area (Å²) < 4.78 is 6.86. The third kappa shape index (κ3) is 3.73. The molecule has 1 aliphatic rings. The summed E-state index contributed by atoms with van der Waals surface area (Å²) in [6.07, 6.45) is 2.03. The number of amides is 1. The van der Waals surface area contributed by atoms with Crippen LogP contribution in [-0.2, 0) is 6.54 Å². The van der Waals surface area contributed by atoms with Crippen molar-refractivity contribution in [2.45, 2.75) is 32.4 Å². The summed E-state index contributed by atoms with van der Waals surface area (Å²) in [5.41, 5.74) is 2.92. The van der Waals surface area contributed by atoms with E-state index in [-0.39, 0.29) is 11.9 Å². The lowest BCUT2D eigenvalue weighted by Gasteiger charge is -2.22. The van der Waals surface area contributed by atoms with Gasteiger partial charge >= 0.3 is 0 Å². The standard InChI is InChI=1S/C21H21ClN4O2/c1-14-20(23-24-26(14)18-5-3-4-16(22)12-18)21(27)25(17-8-9-17)13-15-6-10-19(28-2)11-7-15/h3-7,10-12,17H,8-9,13H2,1-2H3. The molecule has 28 heavy (non-hydrogen) atoms. The number of benzene rings is 2. The number of ether oxygens (including phenoxy) is 1. The Balaban J connectivity index is 1.59. The molecule has 1 fully saturated rings. The fourth-order valence-corrected chi connectivity index (χ4v) is 3.38. The predicted octanol–water partition coefficient (Wildman–Crippen LogP) is 4.04. The molecule has 0 spiro atoms. The minimum Gasteiger partial charge on any atom is -0.497 e. The van der Waals surface area contributed by atoms with Crippen LogP contribution in [0.5, 0.6) is 5.75 Å². The summed E-state index contributed by atoms with van der Waals surface area (Å²) in [5.74, 6) is 0.706. The lowest BCUT2D eigenvalue weighted by Crippen LogP contribution is -2.33. The molecule has 144 valence electrons. The fourth-order valence-electron chi connectivity index (χ4n) is 3.20. The van der Waals surface area contributed by atoms with Gasteiger partial charge in [0.2, 0.25) is 0 Å². The summed E-state index contributed by atoms with van der Waals surface area (Å²) in [6, 6.07) is 15.4. The van der Waals surface area contributed by atoms with Gasteiger partial charge in [-0.15, -0.1) is 5.10 Å². The molecule has 1 saturated carbocycles.